The second kappa shape index (κ2) is 6.39. The maximum Gasteiger partial charge on any atom is 0.145 e. The second-order valence-corrected chi connectivity index (χ2v) is 6.69. The van der Waals surface area contributed by atoms with Crippen molar-refractivity contribution < 1.29 is 0 Å². The summed E-state index contributed by atoms with van der Waals surface area (Å²) in [5.41, 5.74) is 2.55. The predicted molar refractivity (Wildman–Crippen MR) is 83.7 cm³/mol. The molecule has 5 heteroatoms. The molecule has 20 heavy (non-hydrogen) atoms. The van der Waals surface area contributed by atoms with Gasteiger partial charge in [-0.05, 0) is 12.8 Å². The molecule has 1 aliphatic carbocycles. The van der Waals surface area contributed by atoms with E-state index in [0.717, 1.165) is 11.6 Å². The summed E-state index contributed by atoms with van der Waals surface area (Å²) in [5.74, 6) is 7.88. The number of rotatable bonds is 3. The van der Waals surface area contributed by atoms with Gasteiger partial charge in [-0.3, -0.25) is 0 Å². The molecular weight excluding hydrogens is 250 g/mol. The first-order valence-corrected chi connectivity index (χ1v) is 7.62. The zero-order valence-corrected chi connectivity index (χ0v) is 12.9. The third-order valence-electron chi connectivity index (χ3n) is 3.75. The molecule has 0 atom stereocenters. The van der Waals surface area contributed by atoms with E-state index < -0.39 is 0 Å². The molecule has 0 bridgehead atoms. The number of nitrogen functional groups attached to an aromatic ring is 1. The van der Waals surface area contributed by atoms with Crippen LogP contribution in [-0.4, -0.2) is 16.0 Å². The van der Waals surface area contributed by atoms with Crippen molar-refractivity contribution in [2.45, 2.75) is 70.8 Å². The molecule has 1 aromatic rings. The Morgan fingerprint density at radius 2 is 1.65 bits per heavy atom. The van der Waals surface area contributed by atoms with Crippen LogP contribution in [0.4, 0.5) is 11.6 Å². The molecule has 1 aromatic heterocycles. The van der Waals surface area contributed by atoms with Crippen molar-refractivity contribution in [3.63, 3.8) is 0 Å². The quantitative estimate of drug-likeness (QED) is 0.449. The molecule has 1 fully saturated rings. The Bertz CT molecular complexity index is 430. The fourth-order valence-corrected chi connectivity index (χ4v) is 2.56. The monoisotopic (exact) mass is 277 g/mol. The zero-order chi connectivity index (χ0) is 14.6. The first-order valence-electron chi connectivity index (χ1n) is 7.62. The minimum Gasteiger partial charge on any atom is -0.367 e. The Morgan fingerprint density at radius 1 is 1.05 bits per heavy atom. The molecule has 0 aliphatic heterocycles. The molecule has 1 heterocycles. The number of nitrogens with zero attached hydrogens (tertiary/aromatic N) is 2. The second-order valence-electron chi connectivity index (χ2n) is 6.69. The summed E-state index contributed by atoms with van der Waals surface area (Å²) in [7, 11) is 0. The number of hydrogen-bond donors (Lipinski definition) is 3. The van der Waals surface area contributed by atoms with Crippen LogP contribution in [0, 0.1) is 0 Å². The highest BCUT2D eigenvalue weighted by molar-refractivity contribution is 5.48. The fourth-order valence-electron chi connectivity index (χ4n) is 2.56. The molecule has 2 rings (SSSR count). The minimum absolute atomic E-state index is 0.0905. The van der Waals surface area contributed by atoms with Gasteiger partial charge in [0.2, 0.25) is 0 Å². The molecule has 0 amide bonds. The molecule has 0 aromatic carbocycles. The van der Waals surface area contributed by atoms with Gasteiger partial charge in [-0.1, -0.05) is 46.5 Å². The Kier molecular flexibility index (Phi) is 4.81. The number of nitrogens with one attached hydrogen (secondary N) is 2. The van der Waals surface area contributed by atoms with Gasteiger partial charge in [0.05, 0.1) is 0 Å². The van der Waals surface area contributed by atoms with Gasteiger partial charge in [-0.25, -0.2) is 15.8 Å². The Labute approximate surface area is 121 Å². The number of nitrogens with two attached hydrogens (primary N) is 1. The molecule has 112 valence electrons. The molecule has 0 spiro atoms. The summed E-state index contributed by atoms with van der Waals surface area (Å²) in [6.45, 7) is 6.33. The summed E-state index contributed by atoms with van der Waals surface area (Å²) < 4.78 is 0. The largest absolute Gasteiger partial charge is 0.367 e. The summed E-state index contributed by atoms with van der Waals surface area (Å²) in [4.78, 5) is 9.11. The molecule has 1 aliphatic rings. The van der Waals surface area contributed by atoms with Crippen LogP contribution >= 0.6 is 0 Å². The van der Waals surface area contributed by atoms with Gasteiger partial charge in [0.25, 0.3) is 0 Å². The smallest absolute Gasteiger partial charge is 0.145 e. The van der Waals surface area contributed by atoms with Crippen molar-refractivity contribution in [1.82, 2.24) is 9.97 Å². The topological polar surface area (TPSA) is 75.9 Å². The molecule has 4 N–H and O–H groups in total. The van der Waals surface area contributed by atoms with Crippen LogP contribution in [0.25, 0.3) is 0 Å². The van der Waals surface area contributed by atoms with E-state index in [-0.39, 0.29) is 5.41 Å². The summed E-state index contributed by atoms with van der Waals surface area (Å²) in [6.07, 6.45) is 7.75. The van der Waals surface area contributed by atoms with Crippen molar-refractivity contribution in [3.8, 4) is 0 Å². The fraction of sp³-hybridized carbons (Fsp3) is 0.733. The number of anilines is 2. The average molecular weight is 277 g/mol. The predicted octanol–water partition coefficient (Wildman–Crippen LogP) is 3.19. The first kappa shape index (κ1) is 15.0. The third kappa shape index (κ3) is 4.07. The van der Waals surface area contributed by atoms with Gasteiger partial charge >= 0.3 is 0 Å². The van der Waals surface area contributed by atoms with Crippen LogP contribution in [0.1, 0.15) is 65.1 Å². The molecule has 0 radical (unpaired) electrons. The standard InChI is InChI=1S/C15H27N5/c1-15(2,3)14-18-12(10-13(19-14)20-16)17-11-8-6-4-5-7-9-11/h10-11H,4-9,16H2,1-3H3,(H2,17,18,19,20). The maximum absolute atomic E-state index is 5.52. The zero-order valence-electron chi connectivity index (χ0n) is 12.9. The summed E-state index contributed by atoms with van der Waals surface area (Å²) >= 11 is 0. The van der Waals surface area contributed by atoms with E-state index in [2.05, 4.69) is 41.5 Å². The van der Waals surface area contributed by atoms with E-state index >= 15 is 0 Å². The van der Waals surface area contributed by atoms with Crippen LogP contribution < -0.4 is 16.6 Å². The Hall–Kier alpha value is -1.36. The molecule has 5 nitrogen and oxygen atoms in total. The summed E-state index contributed by atoms with van der Waals surface area (Å²) in [6, 6.07) is 2.41. The molecular formula is C15H27N5. The van der Waals surface area contributed by atoms with E-state index in [0.29, 0.717) is 11.9 Å². The van der Waals surface area contributed by atoms with Crippen molar-refractivity contribution in [3.05, 3.63) is 11.9 Å². The molecule has 0 unspecified atom stereocenters. The highest BCUT2D eigenvalue weighted by Gasteiger charge is 2.20. The Balaban J connectivity index is 2.17. The van der Waals surface area contributed by atoms with Gasteiger partial charge in [0, 0.05) is 17.5 Å². The van der Waals surface area contributed by atoms with Gasteiger partial charge in [-0.2, -0.15) is 0 Å². The van der Waals surface area contributed by atoms with Crippen LogP contribution in [0.3, 0.4) is 0 Å². The van der Waals surface area contributed by atoms with Gasteiger partial charge < -0.3 is 10.7 Å². The van der Waals surface area contributed by atoms with E-state index in [9.17, 15) is 0 Å². The lowest BCUT2D eigenvalue weighted by Crippen LogP contribution is -2.23. The van der Waals surface area contributed by atoms with E-state index in [1.807, 2.05) is 6.07 Å². The Morgan fingerprint density at radius 3 is 2.20 bits per heavy atom. The van der Waals surface area contributed by atoms with E-state index in [1.165, 1.54) is 38.5 Å². The van der Waals surface area contributed by atoms with Crippen molar-refractivity contribution in [2.75, 3.05) is 10.7 Å². The number of hydrazine groups is 1. The van der Waals surface area contributed by atoms with Crippen molar-refractivity contribution in [1.29, 1.82) is 0 Å². The first-order chi connectivity index (χ1) is 9.49. The summed E-state index contributed by atoms with van der Waals surface area (Å²) in [5, 5.41) is 3.56. The lowest BCUT2D eigenvalue weighted by Gasteiger charge is -2.21. The lowest BCUT2D eigenvalue weighted by molar-refractivity contribution is 0.544. The van der Waals surface area contributed by atoms with Gasteiger partial charge in [0.15, 0.2) is 0 Å². The van der Waals surface area contributed by atoms with E-state index in [4.69, 9.17) is 5.84 Å². The van der Waals surface area contributed by atoms with Crippen LogP contribution in [0.2, 0.25) is 0 Å². The minimum atomic E-state index is -0.0905. The average Bonchev–Trinajstić information content (AvgIpc) is 2.66. The van der Waals surface area contributed by atoms with Crippen LogP contribution in [-0.2, 0) is 5.41 Å². The third-order valence-corrected chi connectivity index (χ3v) is 3.75. The van der Waals surface area contributed by atoms with E-state index in [1.54, 1.807) is 0 Å². The lowest BCUT2D eigenvalue weighted by atomic mass is 9.96. The molecule has 1 saturated carbocycles. The molecule has 0 saturated heterocycles. The van der Waals surface area contributed by atoms with Crippen molar-refractivity contribution >= 4 is 11.6 Å². The van der Waals surface area contributed by atoms with Crippen LogP contribution in [0.5, 0.6) is 0 Å². The highest BCUT2D eigenvalue weighted by Crippen LogP contribution is 2.24. The SMILES string of the molecule is CC(C)(C)c1nc(NN)cc(NC2CCCCCC2)n1. The maximum atomic E-state index is 5.52. The number of hydrogen-bond acceptors (Lipinski definition) is 5. The normalized spacial score (nSPS) is 17.6. The van der Waals surface area contributed by atoms with Gasteiger partial charge in [0.1, 0.15) is 17.5 Å². The number of aromatic nitrogens is 2. The van der Waals surface area contributed by atoms with Crippen molar-refractivity contribution in [2.24, 2.45) is 5.84 Å². The van der Waals surface area contributed by atoms with Crippen LogP contribution in [0.15, 0.2) is 6.07 Å². The van der Waals surface area contributed by atoms with Gasteiger partial charge in [-0.15, -0.1) is 0 Å². The highest BCUT2D eigenvalue weighted by atomic mass is 15.3.